The maximum Gasteiger partial charge on any atom is 0.0594 e. The third-order valence-electron chi connectivity index (χ3n) is 11.9. The average molecular weight is 713 g/mol. The van der Waals surface area contributed by atoms with Crippen LogP contribution in [0.5, 0.6) is 0 Å². The van der Waals surface area contributed by atoms with Gasteiger partial charge in [0.15, 0.2) is 0 Å². The van der Waals surface area contributed by atoms with Gasteiger partial charge in [-0.3, -0.25) is 0 Å². The topological polar surface area (TPSA) is 0 Å². The second kappa shape index (κ2) is 37.6. The van der Waals surface area contributed by atoms with Crippen LogP contribution in [-0.4, -0.2) is 49.3 Å². The first-order chi connectivity index (χ1) is 23.6. The Balaban J connectivity index is 4.80. The van der Waals surface area contributed by atoms with Crippen molar-refractivity contribution < 1.29 is 0 Å². The molecule has 290 valence electrons. The van der Waals surface area contributed by atoms with Crippen molar-refractivity contribution in [3.05, 3.63) is 0 Å². The highest BCUT2D eigenvalue weighted by Crippen LogP contribution is 2.62. The van der Waals surface area contributed by atoms with E-state index < -0.39 is 14.5 Å². The normalized spacial score (nSPS) is 12.4. The molecule has 0 heterocycles. The van der Waals surface area contributed by atoms with Gasteiger partial charge in [-0.15, -0.1) is 0 Å². The van der Waals surface area contributed by atoms with Crippen LogP contribution in [0.4, 0.5) is 0 Å². The van der Waals surface area contributed by atoms with Crippen molar-refractivity contribution >= 4 is 14.5 Å². The zero-order chi connectivity index (χ0) is 35.3. The van der Waals surface area contributed by atoms with E-state index in [0.29, 0.717) is 0 Å². The SMILES string of the molecule is CCCCCC[P+](CCCCCC)(CCCCCC)CCCCCCCCCC[P+](CCCCCC)(CCCCCC)CCCCCC. The molecule has 0 aromatic carbocycles. The fourth-order valence-electron chi connectivity index (χ4n) is 8.54. The molecule has 0 rings (SSSR count). The maximum absolute atomic E-state index is 2.38. The molecule has 0 aliphatic carbocycles. The molecule has 0 aromatic heterocycles. The number of rotatable bonds is 41. The monoisotopic (exact) mass is 713 g/mol. The summed E-state index contributed by atoms with van der Waals surface area (Å²) in [6.07, 6.45) is 60.8. The van der Waals surface area contributed by atoms with Crippen LogP contribution in [0.15, 0.2) is 0 Å². The van der Waals surface area contributed by atoms with E-state index in [4.69, 9.17) is 0 Å². The third-order valence-corrected chi connectivity index (χ3v) is 22.1. The Bertz CT molecular complexity index is 486. The molecular weight excluding hydrogens is 614 g/mol. The van der Waals surface area contributed by atoms with E-state index in [9.17, 15) is 0 Å². The second-order valence-corrected chi connectivity index (χ2v) is 25.6. The molecular formula is C46H98P2+2. The second-order valence-electron chi connectivity index (χ2n) is 16.7. The fourth-order valence-corrected chi connectivity index (χ4v) is 18.4. The van der Waals surface area contributed by atoms with Gasteiger partial charge in [0.05, 0.1) is 49.3 Å². The first-order valence-corrected chi connectivity index (χ1v) is 28.3. The molecule has 0 aliphatic heterocycles. The lowest BCUT2D eigenvalue weighted by atomic mass is 10.1. The summed E-state index contributed by atoms with van der Waals surface area (Å²) in [6, 6.07) is 0. The van der Waals surface area contributed by atoms with Crippen LogP contribution in [0, 0.1) is 0 Å². The minimum Gasteiger partial charge on any atom is -0.0654 e. The Hall–Kier alpha value is 0.860. The van der Waals surface area contributed by atoms with Crippen LogP contribution in [0.2, 0.25) is 0 Å². The van der Waals surface area contributed by atoms with Gasteiger partial charge in [0.25, 0.3) is 0 Å². The molecule has 0 radical (unpaired) electrons. The summed E-state index contributed by atoms with van der Waals surface area (Å²) in [5.41, 5.74) is 0. The van der Waals surface area contributed by atoms with E-state index in [1.54, 1.807) is 101 Å². The first kappa shape index (κ1) is 48.9. The molecule has 0 aromatic rings. The Morgan fingerprint density at radius 1 is 0.167 bits per heavy atom. The van der Waals surface area contributed by atoms with E-state index >= 15 is 0 Å². The van der Waals surface area contributed by atoms with E-state index in [-0.39, 0.29) is 0 Å². The molecule has 0 aliphatic rings. The smallest absolute Gasteiger partial charge is 0.0594 e. The minimum absolute atomic E-state index is 0.737. The van der Waals surface area contributed by atoms with Crippen LogP contribution >= 0.6 is 14.5 Å². The van der Waals surface area contributed by atoms with Crippen LogP contribution in [0.3, 0.4) is 0 Å². The Morgan fingerprint density at radius 2 is 0.292 bits per heavy atom. The standard InChI is InChI=1S/C46H98P2/c1-7-13-19-31-39-47(40-32-20-14-8-2,41-33-21-15-9-3)45-37-29-27-25-26-28-30-38-46-48(42-34-22-16-10-4,43-35-23-17-11-5)44-36-24-18-12-6/h7-46H2,1-6H3/q+2. The van der Waals surface area contributed by atoms with Crippen LogP contribution in [0.1, 0.15) is 247 Å². The van der Waals surface area contributed by atoms with Gasteiger partial charge < -0.3 is 0 Å². The highest BCUT2D eigenvalue weighted by Gasteiger charge is 2.36. The van der Waals surface area contributed by atoms with Gasteiger partial charge in [-0.05, 0) is 103 Å². The summed E-state index contributed by atoms with van der Waals surface area (Å²) in [4.78, 5) is 0. The largest absolute Gasteiger partial charge is 0.0654 e. The summed E-state index contributed by atoms with van der Waals surface area (Å²) < 4.78 is 0. The molecule has 0 nitrogen and oxygen atoms in total. The van der Waals surface area contributed by atoms with Gasteiger partial charge in [-0.1, -0.05) is 144 Å². The summed E-state index contributed by atoms with van der Waals surface area (Å²) >= 11 is 0. The van der Waals surface area contributed by atoms with Gasteiger partial charge in [-0.25, -0.2) is 0 Å². The highest BCUT2D eigenvalue weighted by atomic mass is 31.2. The molecule has 48 heavy (non-hydrogen) atoms. The van der Waals surface area contributed by atoms with Gasteiger partial charge in [0.2, 0.25) is 0 Å². The van der Waals surface area contributed by atoms with Gasteiger partial charge in [0, 0.05) is 14.5 Å². The molecule has 0 spiro atoms. The van der Waals surface area contributed by atoms with Crippen LogP contribution in [-0.2, 0) is 0 Å². The Kier molecular flexibility index (Phi) is 38.3. The maximum atomic E-state index is 2.38. The summed E-state index contributed by atoms with van der Waals surface area (Å²) in [7, 11) is -1.47. The highest BCUT2D eigenvalue weighted by molar-refractivity contribution is 7.76. The van der Waals surface area contributed by atoms with Crippen molar-refractivity contribution in [1.82, 2.24) is 0 Å². The number of unbranched alkanes of at least 4 members (excludes halogenated alkanes) is 25. The number of hydrogen-bond acceptors (Lipinski definition) is 0. The van der Waals surface area contributed by atoms with Crippen molar-refractivity contribution in [3.8, 4) is 0 Å². The molecule has 0 saturated heterocycles. The predicted octanol–water partition coefficient (Wildman–Crippen LogP) is 17.6. The third kappa shape index (κ3) is 29.4. The Labute approximate surface area is 309 Å². The molecule has 0 atom stereocenters. The average Bonchev–Trinajstić information content (AvgIpc) is 3.10. The molecule has 0 fully saturated rings. The summed E-state index contributed by atoms with van der Waals surface area (Å²) in [5, 5.41) is 0. The lowest BCUT2D eigenvalue weighted by Gasteiger charge is -2.29. The van der Waals surface area contributed by atoms with Crippen LogP contribution < -0.4 is 0 Å². The minimum atomic E-state index is -0.737. The van der Waals surface area contributed by atoms with E-state index in [2.05, 4.69) is 41.5 Å². The molecule has 2 heteroatoms. The first-order valence-electron chi connectivity index (χ1n) is 23.3. The Morgan fingerprint density at radius 3 is 0.438 bits per heavy atom. The van der Waals surface area contributed by atoms with Gasteiger partial charge in [-0.2, -0.15) is 0 Å². The predicted molar refractivity (Wildman–Crippen MR) is 235 cm³/mol. The molecule has 0 unspecified atom stereocenters. The van der Waals surface area contributed by atoms with E-state index in [1.807, 2.05) is 0 Å². The lowest BCUT2D eigenvalue weighted by molar-refractivity contribution is 0.585. The van der Waals surface area contributed by atoms with Crippen molar-refractivity contribution in [1.29, 1.82) is 0 Å². The van der Waals surface area contributed by atoms with Crippen LogP contribution in [0.25, 0.3) is 0 Å². The van der Waals surface area contributed by atoms with E-state index in [0.717, 1.165) is 0 Å². The van der Waals surface area contributed by atoms with Gasteiger partial charge in [0.1, 0.15) is 0 Å². The quantitative estimate of drug-likeness (QED) is 0.0437. The lowest BCUT2D eigenvalue weighted by Crippen LogP contribution is -2.13. The fraction of sp³-hybridized carbons (Fsp3) is 1.00. The van der Waals surface area contributed by atoms with E-state index in [1.165, 1.54) is 154 Å². The zero-order valence-corrected chi connectivity index (χ0v) is 37.0. The summed E-state index contributed by atoms with van der Waals surface area (Å²) in [5.74, 6) is 0. The van der Waals surface area contributed by atoms with Crippen molar-refractivity contribution in [2.24, 2.45) is 0 Å². The van der Waals surface area contributed by atoms with Crippen molar-refractivity contribution in [2.75, 3.05) is 49.3 Å². The van der Waals surface area contributed by atoms with Gasteiger partial charge >= 0.3 is 0 Å². The number of hydrogen-bond donors (Lipinski definition) is 0. The van der Waals surface area contributed by atoms with Crippen molar-refractivity contribution in [2.45, 2.75) is 247 Å². The zero-order valence-electron chi connectivity index (χ0n) is 35.2. The molecule has 0 amide bonds. The molecule has 0 saturated carbocycles. The summed E-state index contributed by atoms with van der Waals surface area (Å²) in [6.45, 7) is 14.3. The molecule has 0 bridgehead atoms. The van der Waals surface area contributed by atoms with Crippen molar-refractivity contribution in [3.63, 3.8) is 0 Å². The molecule has 0 N–H and O–H groups in total.